The number of hydrogen-bond acceptors (Lipinski definition) is 7. The number of halogens is 1. The van der Waals surface area contributed by atoms with Crippen LogP contribution >= 0.6 is 15.9 Å². The van der Waals surface area contributed by atoms with Crippen LogP contribution in [0.2, 0.25) is 0 Å². The number of furan rings is 1. The van der Waals surface area contributed by atoms with Crippen molar-refractivity contribution in [2.24, 2.45) is 4.99 Å². The van der Waals surface area contributed by atoms with Crippen molar-refractivity contribution in [1.82, 2.24) is 25.1 Å². The Balaban J connectivity index is 1.23. The lowest BCUT2D eigenvalue weighted by molar-refractivity contribution is -0.140. The summed E-state index contributed by atoms with van der Waals surface area (Å²) in [5.74, 6) is 0.447. The first-order valence-electron chi connectivity index (χ1n) is 18.3. The van der Waals surface area contributed by atoms with Gasteiger partial charge < -0.3 is 9.52 Å². The Morgan fingerprint density at radius 2 is 1.44 bits per heavy atom. The molecule has 0 spiro atoms. The number of carbonyl (C=O) groups excluding carboxylic acids is 1. The summed E-state index contributed by atoms with van der Waals surface area (Å²) in [7, 11) is 0. The maximum absolute atomic E-state index is 13.4. The number of unbranched alkanes of at least 4 members (excludes halogenated alkanes) is 1. The minimum Gasteiger partial charge on any atom is -0.481 e. The summed E-state index contributed by atoms with van der Waals surface area (Å²) in [6.45, 7) is 2.34. The fraction of sp³-hybridized carbons (Fsp3) is 0.182. The lowest BCUT2D eigenvalue weighted by atomic mass is 9.77. The summed E-state index contributed by atoms with van der Waals surface area (Å²) in [6, 6.07) is 43.6. The van der Waals surface area contributed by atoms with E-state index in [1.54, 1.807) is 4.90 Å². The zero-order chi connectivity index (χ0) is 37.9. The highest BCUT2D eigenvalue weighted by atomic mass is 79.9. The molecule has 11 heteroatoms. The van der Waals surface area contributed by atoms with E-state index in [1.807, 2.05) is 102 Å². The molecule has 55 heavy (non-hydrogen) atoms. The Morgan fingerprint density at radius 3 is 2.04 bits per heavy atom. The van der Waals surface area contributed by atoms with Gasteiger partial charge in [-0.2, -0.15) is 0 Å². The molecule has 1 N–H and O–H groups in total. The summed E-state index contributed by atoms with van der Waals surface area (Å²) >= 11 is 3.87. The van der Waals surface area contributed by atoms with Gasteiger partial charge in [-0.15, -0.1) is 5.10 Å². The Hall–Kier alpha value is -6.20. The lowest BCUT2D eigenvalue weighted by Crippen LogP contribution is -2.39. The molecule has 8 rings (SSSR count). The number of amides is 1. The number of carboxylic acids is 1. The maximum atomic E-state index is 13.4. The Bertz CT molecular complexity index is 2420. The molecule has 0 fully saturated rings. The van der Waals surface area contributed by atoms with Crippen LogP contribution in [0.3, 0.4) is 0 Å². The highest BCUT2D eigenvalue weighted by molar-refractivity contribution is 9.10. The second-order valence-corrected chi connectivity index (χ2v) is 14.3. The van der Waals surface area contributed by atoms with Gasteiger partial charge in [0.25, 0.3) is 5.91 Å². The number of carbonyl (C=O) groups is 2. The molecule has 0 radical (unpaired) electrons. The molecule has 1 amide bonds. The average molecular weight is 794 g/mol. The van der Waals surface area contributed by atoms with E-state index in [9.17, 15) is 14.7 Å². The predicted octanol–water partition coefficient (Wildman–Crippen LogP) is 9.13. The Kier molecular flexibility index (Phi) is 9.94. The molecular formula is C44H37BrN6O4. The third kappa shape index (κ3) is 6.54. The maximum Gasteiger partial charge on any atom is 0.306 e. The topological polar surface area (TPSA) is 127 Å². The van der Waals surface area contributed by atoms with Crippen LogP contribution < -0.4 is 0 Å². The van der Waals surface area contributed by atoms with E-state index < -0.39 is 17.6 Å². The first kappa shape index (κ1) is 35.8. The van der Waals surface area contributed by atoms with Crippen molar-refractivity contribution in [3.63, 3.8) is 0 Å². The van der Waals surface area contributed by atoms with Gasteiger partial charge in [0.2, 0.25) is 0 Å². The molecule has 1 aliphatic heterocycles. The fourth-order valence-corrected chi connectivity index (χ4v) is 8.15. The molecule has 10 nitrogen and oxygen atoms in total. The van der Waals surface area contributed by atoms with Gasteiger partial charge in [-0.25, -0.2) is 4.68 Å². The molecule has 5 aromatic carbocycles. The van der Waals surface area contributed by atoms with Gasteiger partial charge in [0, 0.05) is 22.9 Å². The standard InChI is InChI=1S/C44H37BrN6O4/c1-2-3-23-38-46-36(27-39(52)53)43(54)50(38)28-29-24-25-37-35(26-29)40(45)41(55-37)33-21-13-14-22-34(33)42-47-48-49-51(42)44(30-15-7-4-8-16-30,31-17-9-5-10-18-31)32-19-11-6-12-20-32/h4-22,24-26,36H,2-3,23,27-28H2,1H3,(H,52,53). The van der Waals surface area contributed by atoms with Crippen LogP contribution in [0.25, 0.3) is 33.7 Å². The smallest absolute Gasteiger partial charge is 0.306 e. The van der Waals surface area contributed by atoms with Crippen molar-refractivity contribution in [3.8, 4) is 22.7 Å². The molecule has 3 heterocycles. The molecule has 274 valence electrons. The Labute approximate surface area is 326 Å². The molecule has 1 aliphatic rings. The summed E-state index contributed by atoms with van der Waals surface area (Å²) < 4.78 is 9.24. The number of carboxylic acid groups (broad SMARTS) is 1. The highest BCUT2D eigenvalue weighted by Gasteiger charge is 2.42. The van der Waals surface area contributed by atoms with Crippen LogP contribution in [0, 0.1) is 0 Å². The van der Waals surface area contributed by atoms with E-state index in [0.717, 1.165) is 56.1 Å². The number of rotatable bonds is 13. The quantitative estimate of drug-likeness (QED) is 0.115. The van der Waals surface area contributed by atoms with E-state index in [2.05, 4.69) is 74.6 Å². The van der Waals surface area contributed by atoms with Crippen LogP contribution in [0.5, 0.6) is 0 Å². The summed E-state index contributed by atoms with van der Waals surface area (Å²) in [6.07, 6.45) is 2.06. The van der Waals surface area contributed by atoms with Crippen LogP contribution in [-0.2, 0) is 21.7 Å². The van der Waals surface area contributed by atoms with Crippen molar-refractivity contribution >= 4 is 44.6 Å². The molecule has 0 bridgehead atoms. The monoisotopic (exact) mass is 792 g/mol. The average Bonchev–Trinajstić information content (AvgIpc) is 3.91. The number of hydrogen-bond donors (Lipinski definition) is 1. The number of fused-ring (bicyclic) bond motifs is 1. The fourth-order valence-electron chi connectivity index (χ4n) is 7.54. The zero-order valence-corrected chi connectivity index (χ0v) is 31.6. The van der Waals surface area contributed by atoms with Crippen molar-refractivity contribution in [2.45, 2.75) is 50.7 Å². The van der Waals surface area contributed by atoms with Gasteiger partial charge in [-0.1, -0.05) is 135 Å². The molecular weight excluding hydrogens is 756 g/mol. The van der Waals surface area contributed by atoms with Crippen molar-refractivity contribution in [2.75, 3.05) is 0 Å². The minimum absolute atomic E-state index is 0.270. The molecule has 0 saturated heterocycles. The molecule has 2 aromatic heterocycles. The summed E-state index contributed by atoms with van der Waals surface area (Å²) in [5.41, 5.74) is 5.10. The van der Waals surface area contributed by atoms with Crippen molar-refractivity contribution < 1.29 is 19.1 Å². The third-order valence-electron chi connectivity index (χ3n) is 10.1. The van der Waals surface area contributed by atoms with Gasteiger partial charge in [-0.3, -0.25) is 19.5 Å². The van der Waals surface area contributed by atoms with Crippen molar-refractivity contribution in [1.29, 1.82) is 0 Å². The van der Waals surface area contributed by atoms with Gasteiger partial charge in [-0.05, 0) is 67.2 Å². The minimum atomic E-state index is -1.05. The molecule has 0 saturated carbocycles. The predicted molar refractivity (Wildman–Crippen MR) is 214 cm³/mol. The molecule has 1 unspecified atom stereocenters. The first-order chi connectivity index (χ1) is 26.9. The van der Waals surface area contributed by atoms with Gasteiger partial charge in [0.1, 0.15) is 28.8 Å². The summed E-state index contributed by atoms with van der Waals surface area (Å²) in [4.78, 5) is 31.0. The molecule has 7 aromatic rings. The number of aliphatic carboxylic acids is 1. The Morgan fingerprint density at radius 1 is 0.836 bits per heavy atom. The van der Waals surface area contributed by atoms with E-state index in [4.69, 9.17) is 9.63 Å². The van der Waals surface area contributed by atoms with Gasteiger partial charge >= 0.3 is 5.97 Å². The van der Waals surface area contributed by atoms with Crippen LogP contribution in [0.4, 0.5) is 0 Å². The SMILES string of the molecule is CCCCC1=NC(CC(=O)O)C(=O)N1Cc1ccc2oc(-c3ccccc3-c3nnnn3C(c3ccccc3)(c3ccccc3)c3ccccc3)c(Br)c2c1. The van der Waals surface area contributed by atoms with Crippen LogP contribution in [-0.4, -0.2) is 54.0 Å². The second-order valence-electron chi connectivity index (χ2n) is 13.5. The summed E-state index contributed by atoms with van der Waals surface area (Å²) in [5, 5.41) is 24.0. The first-order valence-corrected chi connectivity index (χ1v) is 19.1. The highest BCUT2D eigenvalue weighted by Crippen LogP contribution is 2.45. The van der Waals surface area contributed by atoms with Gasteiger partial charge in [0.05, 0.1) is 17.4 Å². The number of benzene rings is 5. The number of aliphatic imine (C=N–C) groups is 1. The number of aromatic nitrogens is 4. The molecule has 1 atom stereocenters. The van der Waals surface area contributed by atoms with E-state index in [-0.39, 0.29) is 18.9 Å². The zero-order valence-electron chi connectivity index (χ0n) is 30.0. The number of tetrazole rings is 1. The number of nitrogens with zero attached hydrogens (tertiary/aromatic N) is 6. The normalized spacial score (nSPS) is 14.4. The third-order valence-corrected chi connectivity index (χ3v) is 10.9. The van der Waals surface area contributed by atoms with E-state index in [0.29, 0.717) is 29.4 Å². The van der Waals surface area contributed by atoms with Crippen molar-refractivity contribution in [3.05, 3.63) is 160 Å². The van der Waals surface area contributed by atoms with E-state index in [1.165, 1.54) is 0 Å². The van der Waals surface area contributed by atoms with Crippen LogP contribution in [0.15, 0.2) is 147 Å². The largest absolute Gasteiger partial charge is 0.481 e. The van der Waals surface area contributed by atoms with Crippen LogP contribution in [0.1, 0.15) is 54.9 Å². The van der Waals surface area contributed by atoms with Gasteiger partial charge in [0.15, 0.2) is 5.82 Å². The van der Waals surface area contributed by atoms with E-state index >= 15 is 0 Å². The molecule has 0 aliphatic carbocycles. The second kappa shape index (κ2) is 15.3. The number of amidine groups is 1. The lowest BCUT2D eigenvalue weighted by Gasteiger charge is -2.36.